The molecule has 1 unspecified atom stereocenters. The summed E-state index contributed by atoms with van der Waals surface area (Å²) in [5, 5.41) is 8.67. The molecule has 15 heavy (non-hydrogen) atoms. The quantitative estimate of drug-likeness (QED) is 0.699. The van der Waals surface area contributed by atoms with E-state index in [4.69, 9.17) is 9.84 Å². The van der Waals surface area contributed by atoms with Crippen molar-refractivity contribution >= 4 is 11.8 Å². The second-order valence-corrected chi connectivity index (χ2v) is 3.82. The number of ketones is 1. The maximum absolute atomic E-state index is 11.2. The number of carboxylic acids is 1. The van der Waals surface area contributed by atoms with Crippen molar-refractivity contribution < 1.29 is 19.4 Å². The number of carbonyl (C=O) groups is 2. The van der Waals surface area contributed by atoms with Crippen LogP contribution in [0.2, 0.25) is 0 Å². The Morgan fingerprint density at radius 2 is 2.00 bits per heavy atom. The summed E-state index contributed by atoms with van der Waals surface area (Å²) in [5.74, 6) is -1.35. The van der Waals surface area contributed by atoms with Crippen molar-refractivity contribution in [3.05, 3.63) is 0 Å². The highest BCUT2D eigenvalue weighted by atomic mass is 16.5. The highest BCUT2D eigenvalue weighted by Crippen LogP contribution is 2.09. The van der Waals surface area contributed by atoms with Crippen LogP contribution in [-0.2, 0) is 14.3 Å². The van der Waals surface area contributed by atoms with E-state index in [1.807, 2.05) is 0 Å². The van der Waals surface area contributed by atoms with Crippen LogP contribution in [0.25, 0.3) is 0 Å². The Balaban J connectivity index is 2.42. The standard InChI is InChI=1S/C10H17NO4/c1-8(12)9(6-10(13)14)7-11-2-4-15-5-3-11/h9H,2-7H2,1H3,(H,13,14). The number of morpholine rings is 1. The molecule has 0 amide bonds. The van der Waals surface area contributed by atoms with Crippen LogP contribution in [0.1, 0.15) is 13.3 Å². The van der Waals surface area contributed by atoms with Crippen molar-refractivity contribution in [3.63, 3.8) is 0 Å². The van der Waals surface area contributed by atoms with E-state index >= 15 is 0 Å². The van der Waals surface area contributed by atoms with Crippen molar-refractivity contribution in [3.8, 4) is 0 Å². The van der Waals surface area contributed by atoms with Gasteiger partial charge in [0.05, 0.1) is 19.6 Å². The van der Waals surface area contributed by atoms with Crippen molar-refractivity contribution in [1.29, 1.82) is 0 Å². The van der Waals surface area contributed by atoms with Crippen molar-refractivity contribution in [1.82, 2.24) is 4.90 Å². The number of carboxylic acid groups (broad SMARTS) is 1. The number of rotatable bonds is 5. The molecule has 0 aromatic carbocycles. The lowest BCUT2D eigenvalue weighted by Gasteiger charge is -2.29. The molecule has 0 bridgehead atoms. The van der Waals surface area contributed by atoms with Gasteiger partial charge in [0.15, 0.2) is 0 Å². The van der Waals surface area contributed by atoms with Crippen LogP contribution in [0.4, 0.5) is 0 Å². The minimum absolute atomic E-state index is 0.0520. The summed E-state index contributed by atoms with van der Waals surface area (Å²) in [5.41, 5.74) is 0. The molecule has 0 aromatic rings. The molecular formula is C10H17NO4. The molecule has 5 heteroatoms. The second-order valence-electron chi connectivity index (χ2n) is 3.82. The van der Waals surface area contributed by atoms with Gasteiger partial charge in [0, 0.05) is 25.6 Å². The zero-order chi connectivity index (χ0) is 11.3. The summed E-state index contributed by atoms with van der Waals surface area (Å²) in [4.78, 5) is 23.9. The molecule has 0 spiro atoms. The van der Waals surface area contributed by atoms with Gasteiger partial charge < -0.3 is 9.84 Å². The molecule has 1 aliphatic heterocycles. The Kier molecular flexibility index (Phi) is 4.71. The molecule has 0 aliphatic carbocycles. The summed E-state index contributed by atoms with van der Waals surface area (Å²) >= 11 is 0. The van der Waals surface area contributed by atoms with Crippen LogP contribution in [0.15, 0.2) is 0 Å². The molecule has 5 nitrogen and oxygen atoms in total. The van der Waals surface area contributed by atoms with Crippen LogP contribution in [0, 0.1) is 5.92 Å². The van der Waals surface area contributed by atoms with Gasteiger partial charge in [-0.1, -0.05) is 0 Å². The number of hydrogen-bond acceptors (Lipinski definition) is 4. The maximum Gasteiger partial charge on any atom is 0.304 e. The first kappa shape index (κ1) is 12.1. The summed E-state index contributed by atoms with van der Waals surface area (Å²) < 4.78 is 5.18. The summed E-state index contributed by atoms with van der Waals surface area (Å²) in [6.45, 7) is 4.88. The van der Waals surface area contributed by atoms with Crippen molar-refractivity contribution in [2.75, 3.05) is 32.8 Å². The molecule has 1 fully saturated rings. The largest absolute Gasteiger partial charge is 0.481 e. The van der Waals surface area contributed by atoms with Gasteiger partial charge in [-0.3, -0.25) is 14.5 Å². The first-order valence-electron chi connectivity index (χ1n) is 5.12. The first-order chi connectivity index (χ1) is 7.09. The fourth-order valence-corrected chi connectivity index (χ4v) is 1.64. The van der Waals surface area contributed by atoms with Gasteiger partial charge >= 0.3 is 5.97 Å². The van der Waals surface area contributed by atoms with Gasteiger partial charge in [-0.2, -0.15) is 0 Å². The van der Waals surface area contributed by atoms with Crippen molar-refractivity contribution in [2.24, 2.45) is 5.92 Å². The van der Waals surface area contributed by atoms with Crippen LogP contribution < -0.4 is 0 Å². The van der Waals surface area contributed by atoms with Crippen LogP contribution in [-0.4, -0.2) is 54.6 Å². The van der Waals surface area contributed by atoms with E-state index in [-0.39, 0.29) is 18.1 Å². The molecular weight excluding hydrogens is 198 g/mol. The van der Waals surface area contributed by atoms with Gasteiger partial charge in [-0.05, 0) is 6.92 Å². The van der Waals surface area contributed by atoms with E-state index in [0.717, 1.165) is 13.1 Å². The van der Waals surface area contributed by atoms with E-state index in [1.165, 1.54) is 6.92 Å². The summed E-state index contributed by atoms with van der Waals surface area (Å²) in [7, 11) is 0. The van der Waals surface area contributed by atoms with Crippen molar-refractivity contribution in [2.45, 2.75) is 13.3 Å². The fraction of sp³-hybridized carbons (Fsp3) is 0.800. The molecule has 0 radical (unpaired) electrons. The monoisotopic (exact) mass is 215 g/mol. The van der Waals surface area contributed by atoms with Crippen LogP contribution >= 0.6 is 0 Å². The maximum atomic E-state index is 11.2. The van der Waals surface area contributed by atoms with E-state index in [0.29, 0.717) is 19.8 Å². The smallest absolute Gasteiger partial charge is 0.304 e. The molecule has 1 rings (SSSR count). The predicted molar refractivity (Wildman–Crippen MR) is 53.7 cm³/mol. The average molecular weight is 215 g/mol. The molecule has 0 saturated carbocycles. The summed E-state index contributed by atoms with van der Waals surface area (Å²) in [6, 6.07) is 0. The summed E-state index contributed by atoms with van der Waals surface area (Å²) in [6.07, 6.45) is -0.0767. The van der Waals surface area contributed by atoms with E-state index in [1.54, 1.807) is 0 Å². The SMILES string of the molecule is CC(=O)C(CC(=O)O)CN1CCOCC1. The third-order valence-corrected chi connectivity index (χ3v) is 2.58. The first-order valence-corrected chi connectivity index (χ1v) is 5.12. The number of aliphatic carboxylic acids is 1. The zero-order valence-electron chi connectivity index (χ0n) is 8.94. The minimum Gasteiger partial charge on any atom is -0.481 e. The Bertz CT molecular complexity index is 236. The average Bonchev–Trinajstić information content (AvgIpc) is 2.17. The number of Topliss-reactive ketones (excluding diaryl/α,β-unsaturated/α-hetero) is 1. The lowest BCUT2D eigenvalue weighted by molar-refractivity contribution is -0.140. The van der Waals surface area contributed by atoms with Gasteiger partial charge in [-0.25, -0.2) is 0 Å². The Hall–Kier alpha value is -0.940. The highest BCUT2D eigenvalue weighted by molar-refractivity contribution is 5.83. The molecule has 1 atom stereocenters. The van der Waals surface area contributed by atoms with Gasteiger partial charge in [0.25, 0.3) is 0 Å². The minimum atomic E-state index is -0.913. The predicted octanol–water partition coefficient (Wildman–Crippen LogP) is -0.00150. The van der Waals surface area contributed by atoms with Crippen LogP contribution in [0.3, 0.4) is 0 Å². The second kappa shape index (κ2) is 5.82. The zero-order valence-corrected chi connectivity index (χ0v) is 8.94. The molecule has 86 valence electrons. The third-order valence-electron chi connectivity index (χ3n) is 2.58. The fourth-order valence-electron chi connectivity index (χ4n) is 1.64. The Labute approximate surface area is 89.0 Å². The number of carbonyl (C=O) groups excluding carboxylic acids is 1. The topological polar surface area (TPSA) is 66.8 Å². The highest BCUT2D eigenvalue weighted by Gasteiger charge is 2.22. The van der Waals surface area contributed by atoms with Crippen LogP contribution in [0.5, 0.6) is 0 Å². The lowest BCUT2D eigenvalue weighted by atomic mass is 10.0. The lowest BCUT2D eigenvalue weighted by Crippen LogP contribution is -2.41. The van der Waals surface area contributed by atoms with E-state index in [9.17, 15) is 9.59 Å². The van der Waals surface area contributed by atoms with E-state index in [2.05, 4.69) is 4.90 Å². The molecule has 1 aliphatic rings. The molecule has 1 saturated heterocycles. The van der Waals surface area contributed by atoms with Gasteiger partial charge in [0.2, 0.25) is 0 Å². The van der Waals surface area contributed by atoms with E-state index < -0.39 is 5.97 Å². The number of hydrogen-bond donors (Lipinski definition) is 1. The number of nitrogens with zero attached hydrogens (tertiary/aromatic N) is 1. The normalized spacial score (nSPS) is 19.8. The van der Waals surface area contributed by atoms with Gasteiger partial charge in [-0.15, -0.1) is 0 Å². The number of ether oxygens (including phenoxy) is 1. The Morgan fingerprint density at radius 3 is 2.47 bits per heavy atom. The molecule has 1 heterocycles. The molecule has 0 aromatic heterocycles. The molecule has 1 N–H and O–H groups in total. The Morgan fingerprint density at radius 1 is 1.40 bits per heavy atom. The van der Waals surface area contributed by atoms with Gasteiger partial charge in [0.1, 0.15) is 5.78 Å². The third kappa shape index (κ3) is 4.40.